The standard InChI is InChI=1S/C22H22N4O3S/c23-30(27,28)20-8-3-16(4-9-20)11-12-24-14-17-1-5-18(6-2-17)29-19-7-10-21-22(13-19)26-15-25-21/h1-10,13,15,24H,11-12,14H2,(H,25,26)(H2,23,27,28). The lowest BCUT2D eigenvalue weighted by Gasteiger charge is -2.08. The van der Waals surface area contributed by atoms with Crippen LogP contribution in [0.1, 0.15) is 11.1 Å². The summed E-state index contributed by atoms with van der Waals surface area (Å²) in [4.78, 5) is 7.40. The van der Waals surface area contributed by atoms with Gasteiger partial charge in [0.25, 0.3) is 0 Å². The second kappa shape index (κ2) is 8.66. The van der Waals surface area contributed by atoms with Crippen molar-refractivity contribution in [2.45, 2.75) is 17.9 Å². The molecule has 0 aliphatic carbocycles. The number of primary sulfonamides is 1. The minimum Gasteiger partial charge on any atom is -0.457 e. The van der Waals surface area contributed by atoms with Gasteiger partial charge in [-0.3, -0.25) is 0 Å². The maximum atomic E-state index is 11.3. The van der Waals surface area contributed by atoms with Crippen LogP contribution in [0.3, 0.4) is 0 Å². The molecule has 0 aliphatic heterocycles. The number of imidazole rings is 1. The zero-order chi connectivity index (χ0) is 21.0. The molecule has 1 aromatic heterocycles. The number of benzene rings is 3. The Morgan fingerprint density at radius 2 is 1.63 bits per heavy atom. The summed E-state index contributed by atoms with van der Waals surface area (Å²) in [7, 11) is -3.64. The highest BCUT2D eigenvalue weighted by Gasteiger charge is 2.06. The normalized spacial score (nSPS) is 11.6. The quantitative estimate of drug-likeness (QED) is 0.377. The number of sulfonamides is 1. The molecule has 1 heterocycles. The Morgan fingerprint density at radius 1 is 0.933 bits per heavy atom. The van der Waals surface area contributed by atoms with Crippen molar-refractivity contribution in [3.8, 4) is 11.5 Å². The molecule has 8 heteroatoms. The van der Waals surface area contributed by atoms with Gasteiger partial charge in [0.15, 0.2) is 0 Å². The fourth-order valence-electron chi connectivity index (χ4n) is 3.10. The van der Waals surface area contributed by atoms with E-state index in [1.165, 1.54) is 12.1 Å². The van der Waals surface area contributed by atoms with Crippen LogP contribution >= 0.6 is 0 Å². The number of hydrogen-bond acceptors (Lipinski definition) is 5. The summed E-state index contributed by atoms with van der Waals surface area (Å²) >= 11 is 0. The van der Waals surface area contributed by atoms with Gasteiger partial charge in [-0.05, 0) is 60.5 Å². The first kappa shape index (κ1) is 20.1. The van der Waals surface area contributed by atoms with Crippen molar-refractivity contribution in [3.63, 3.8) is 0 Å². The Morgan fingerprint density at radius 3 is 2.37 bits per heavy atom. The Labute approximate surface area is 175 Å². The van der Waals surface area contributed by atoms with Crippen LogP contribution in [0.4, 0.5) is 0 Å². The minimum absolute atomic E-state index is 0.131. The molecule has 0 saturated heterocycles. The predicted molar refractivity (Wildman–Crippen MR) is 116 cm³/mol. The van der Waals surface area contributed by atoms with E-state index < -0.39 is 10.0 Å². The molecule has 0 atom stereocenters. The first-order chi connectivity index (χ1) is 14.5. The van der Waals surface area contributed by atoms with Crippen molar-refractivity contribution in [1.82, 2.24) is 15.3 Å². The van der Waals surface area contributed by atoms with Crippen molar-refractivity contribution in [1.29, 1.82) is 0 Å². The van der Waals surface area contributed by atoms with Gasteiger partial charge in [-0.15, -0.1) is 0 Å². The van der Waals surface area contributed by atoms with Gasteiger partial charge in [-0.25, -0.2) is 18.5 Å². The average molecular weight is 423 g/mol. The van der Waals surface area contributed by atoms with Crippen LogP contribution in [-0.2, 0) is 23.0 Å². The van der Waals surface area contributed by atoms with Crippen LogP contribution < -0.4 is 15.2 Å². The Kier molecular flexibility index (Phi) is 5.80. The van der Waals surface area contributed by atoms with E-state index in [2.05, 4.69) is 15.3 Å². The second-order valence-corrected chi connectivity index (χ2v) is 8.50. The van der Waals surface area contributed by atoms with Gasteiger partial charge in [0.2, 0.25) is 10.0 Å². The number of H-pyrrole nitrogens is 1. The number of nitrogens with one attached hydrogen (secondary N) is 2. The van der Waals surface area contributed by atoms with E-state index >= 15 is 0 Å². The molecule has 0 bridgehead atoms. The maximum absolute atomic E-state index is 11.3. The molecule has 7 nitrogen and oxygen atoms in total. The van der Waals surface area contributed by atoms with Gasteiger partial charge >= 0.3 is 0 Å². The molecule has 0 fully saturated rings. The Hall–Kier alpha value is -3.20. The highest BCUT2D eigenvalue weighted by Crippen LogP contribution is 2.24. The third-order valence-corrected chi connectivity index (χ3v) is 5.65. The fraction of sp³-hybridized carbons (Fsp3) is 0.136. The van der Waals surface area contributed by atoms with E-state index in [0.29, 0.717) is 0 Å². The summed E-state index contributed by atoms with van der Waals surface area (Å²) in [6, 6.07) is 20.3. The molecular formula is C22H22N4O3S. The second-order valence-electron chi connectivity index (χ2n) is 6.94. The summed E-state index contributed by atoms with van der Waals surface area (Å²) < 4.78 is 28.5. The monoisotopic (exact) mass is 422 g/mol. The highest BCUT2D eigenvalue weighted by molar-refractivity contribution is 7.89. The number of nitrogens with zero attached hydrogens (tertiary/aromatic N) is 1. The zero-order valence-corrected chi connectivity index (χ0v) is 17.0. The molecule has 3 aromatic carbocycles. The smallest absolute Gasteiger partial charge is 0.238 e. The molecule has 0 saturated carbocycles. The predicted octanol–water partition coefficient (Wildman–Crippen LogP) is 3.33. The Balaban J connectivity index is 1.25. The van der Waals surface area contributed by atoms with Gasteiger partial charge in [0, 0.05) is 12.6 Å². The van der Waals surface area contributed by atoms with Crippen molar-refractivity contribution in [2.24, 2.45) is 5.14 Å². The fourth-order valence-corrected chi connectivity index (χ4v) is 3.62. The summed E-state index contributed by atoms with van der Waals surface area (Å²) in [5.41, 5.74) is 4.04. The molecule has 154 valence electrons. The first-order valence-electron chi connectivity index (χ1n) is 9.50. The molecule has 0 spiro atoms. The van der Waals surface area contributed by atoms with E-state index in [1.54, 1.807) is 18.5 Å². The van der Waals surface area contributed by atoms with Crippen LogP contribution in [-0.4, -0.2) is 24.9 Å². The molecule has 4 rings (SSSR count). The summed E-state index contributed by atoms with van der Waals surface area (Å²) in [5, 5.41) is 8.50. The molecule has 0 amide bonds. The third kappa shape index (κ3) is 5.04. The van der Waals surface area contributed by atoms with Crippen molar-refractivity contribution >= 4 is 21.1 Å². The first-order valence-corrected chi connectivity index (χ1v) is 11.0. The molecule has 0 aliphatic rings. The number of ether oxygens (including phenoxy) is 1. The molecule has 4 N–H and O–H groups in total. The molecular weight excluding hydrogens is 400 g/mol. The van der Waals surface area contributed by atoms with Gasteiger partial charge < -0.3 is 15.0 Å². The van der Waals surface area contributed by atoms with Crippen LogP contribution in [0, 0.1) is 0 Å². The van der Waals surface area contributed by atoms with Crippen LogP contribution in [0.25, 0.3) is 11.0 Å². The molecule has 0 unspecified atom stereocenters. The summed E-state index contributed by atoms with van der Waals surface area (Å²) in [5.74, 6) is 1.53. The number of rotatable bonds is 8. The average Bonchev–Trinajstić information content (AvgIpc) is 3.20. The number of hydrogen-bond donors (Lipinski definition) is 3. The lowest BCUT2D eigenvalue weighted by molar-refractivity contribution is 0.483. The van der Waals surface area contributed by atoms with Gasteiger partial charge in [-0.2, -0.15) is 0 Å². The number of nitrogens with two attached hydrogens (primary N) is 1. The van der Waals surface area contributed by atoms with Crippen LogP contribution in [0.2, 0.25) is 0 Å². The molecule has 30 heavy (non-hydrogen) atoms. The van der Waals surface area contributed by atoms with Gasteiger partial charge in [0.1, 0.15) is 11.5 Å². The molecule has 0 radical (unpaired) electrons. The highest BCUT2D eigenvalue weighted by atomic mass is 32.2. The SMILES string of the molecule is NS(=O)(=O)c1ccc(CCNCc2ccc(Oc3ccc4nc[nH]c4c3)cc2)cc1. The molecule has 4 aromatic rings. The lowest BCUT2D eigenvalue weighted by Crippen LogP contribution is -2.17. The van der Waals surface area contributed by atoms with E-state index in [1.807, 2.05) is 42.5 Å². The number of aromatic nitrogens is 2. The topological polar surface area (TPSA) is 110 Å². The Bertz CT molecular complexity index is 1230. The van der Waals surface area contributed by atoms with E-state index in [4.69, 9.17) is 9.88 Å². The van der Waals surface area contributed by atoms with E-state index in [-0.39, 0.29) is 4.90 Å². The van der Waals surface area contributed by atoms with Crippen LogP contribution in [0.15, 0.2) is 78.0 Å². The van der Waals surface area contributed by atoms with E-state index in [0.717, 1.165) is 53.2 Å². The van der Waals surface area contributed by atoms with Gasteiger partial charge in [-0.1, -0.05) is 24.3 Å². The van der Waals surface area contributed by atoms with Crippen molar-refractivity contribution < 1.29 is 13.2 Å². The van der Waals surface area contributed by atoms with E-state index in [9.17, 15) is 8.42 Å². The maximum Gasteiger partial charge on any atom is 0.238 e. The minimum atomic E-state index is -3.64. The van der Waals surface area contributed by atoms with Gasteiger partial charge in [0.05, 0.1) is 22.3 Å². The zero-order valence-electron chi connectivity index (χ0n) is 16.2. The lowest BCUT2D eigenvalue weighted by atomic mass is 10.1. The largest absolute Gasteiger partial charge is 0.457 e. The van der Waals surface area contributed by atoms with Crippen molar-refractivity contribution in [3.05, 3.63) is 84.2 Å². The number of fused-ring (bicyclic) bond motifs is 1. The van der Waals surface area contributed by atoms with Crippen molar-refractivity contribution in [2.75, 3.05) is 6.54 Å². The third-order valence-electron chi connectivity index (χ3n) is 4.72. The summed E-state index contributed by atoms with van der Waals surface area (Å²) in [6.07, 6.45) is 2.46. The van der Waals surface area contributed by atoms with Crippen LogP contribution in [0.5, 0.6) is 11.5 Å². The number of aromatic amines is 1. The summed E-state index contributed by atoms with van der Waals surface area (Å²) in [6.45, 7) is 1.51.